The summed E-state index contributed by atoms with van der Waals surface area (Å²) >= 11 is 3.26. The topological polar surface area (TPSA) is 49.4 Å². The largest absolute Gasteiger partial charge is 0.420 e. The second-order valence-corrected chi connectivity index (χ2v) is 5.64. The molecule has 1 saturated carbocycles. The lowest BCUT2D eigenvalue weighted by atomic mass is 10.0. The van der Waals surface area contributed by atoms with Crippen LogP contribution < -0.4 is 5.32 Å². The maximum atomic E-state index is 12.8. The van der Waals surface area contributed by atoms with E-state index < -0.39 is 23.7 Å². The average Bonchev–Trinajstić information content (AvgIpc) is 2.99. The summed E-state index contributed by atoms with van der Waals surface area (Å²) in [7, 11) is 0. The van der Waals surface area contributed by atoms with Crippen LogP contribution in [0.2, 0.25) is 0 Å². The molecule has 1 heterocycles. The second kappa shape index (κ2) is 3.85. The molecule has 3 amide bonds. The number of amides is 3. The fourth-order valence-electron chi connectivity index (χ4n) is 1.88. The van der Waals surface area contributed by atoms with E-state index in [1.165, 1.54) is 0 Å². The Hall–Kier alpha value is -0.790. The maximum absolute atomic E-state index is 12.8. The van der Waals surface area contributed by atoms with Crippen molar-refractivity contribution in [3.8, 4) is 0 Å². The molecule has 2 fully saturated rings. The minimum Gasteiger partial charge on any atom is -0.316 e. The van der Waals surface area contributed by atoms with Gasteiger partial charge in [0.1, 0.15) is 0 Å². The zero-order chi connectivity index (χ0) is 13.8. The lowest BCUT2D eigenvalue weighted by Gasteiger charge is -2.25. The predicted molar refractivity (Wildman–Crippen MR) is 60.2 cm³/mol. The van der Waals surface area contributed by atoms with Crippen LogP contribution in [0.3, 0.4) is 0 Å². The van der Waals surface area contributed by atoms with Gasteiger partial charge in [-0.15, -0.1) is 0 Å². The lowest BCUT2D eigenvalue weighted by Crippen LogP contribution is -2.56. The second-order valence-electron chi connectivity index (χ2n) is 5.08. The summed E-state index contributed by atoms with van der Waals surface area (Å²) < 4.78 is 38.4. The number of nitrogens with zero attached hydrogens (tertiary/aromatic N) is 1. The van der Waals surface area contributed by atoms with Gasteiger partial charge in [0.15, 0.2) is 0 Å². The van der Waals surface area contributed by atoms with E-state index in [9.17, 15) is 22.8 Å². The molecule has 0 spiro atoms. The zero-order valence-electron chi connectivity index (χ0n) is 9.60. The predicted octanol–water partition coefficient (Wildman–Crippen LogP) is 2.03. The molecule has 0 radical (unpaired) electrons. The Morgan fingerprint density at radius 2 is 1.94 bits per heavy atom. The first-order valence-corrected chi connectivity index (χ1v) is 6.54. The average molecular weight is 329 g/mol. The number of hydrogen-bond acceptors (Lipinski definition) is 2. The van der Waals surface area contributed by atoms with Gasteiger partial charge in [-0.3, -0.25) is 9.69 Å². The summed E-state index contributed by atoms with van der Waals surface area (Å²) in [5, 5.41) is 2.31. The highest BCUT2D eigenvalue weighted by molar-refractivity contribution is 9.09. The number of carbonyl (C=O) groups is 2. The highest BCUT2D eigenvalue weighted by atomic mass is 79.9. The SMILES string of the molecule is CC1(C(F)(F)F)NC(=O)N(CC2(CBr)CC2)C1=O. The van der Waals surface area contributed by atoms with Crippen LogP contribution in [0, 0.1) is 5.41 Å². The maximum Gasteiger partial charge on any atom is 0.420 e. The lowest BCUT2D eigenvalue weighted by molar-refractivity contribution is -0.191. The van der Waals surface area contributed by atoms with Gasteiger partial charge in [-0.1, -0.05) is 15.9 Å². The van der Waals surface area contributed by atoms with Gasteiger partial charge in [0.25, 0.3) is 5.91 Å². The molecule has 1 atom stereocenters. The van der Waals surface area contributed by atoms with Crippen molar-refractivity contribution in [1.82, 2.24) is 10.2 Å². The summed E-state index contributed by atoms with van der Waals surface area (Å²) in [5.74, 6) is -1.22. The van der Waals surface area contributed by atoms with Gasteiger partial charge < -0.3 is 5.32 Å². The minimum absolute atomic E-state index is 0.0363. The number of carbonyl (C=O) groups excluding carboxylic acids is 2. The Labute approximate surface area is 110 Å². The van der Waals surface area contributed by atoms with E-state index >= 15 is 0 Å². The molecule has 1 N–H and O–H groups in total. The van der Waals surface area contributed by atoms with Crippen LogP contribution in [0.1, 0.15) is 19.8 Å². The number of imide groups is 1. The van der Waals surface area contributed by atoms with E-state index in [-0.39, 0.29) is 12.0 Å². The van der Waals surface area contributed by atoms with Crippen LogP contribution in [-0.2, 0) is 4.79 Å². The molecule has 18 heavy (non-hydrogen) atoms. The van der Waals surface area contributed by atoms with Crippen LogP contribution in [0.4, 0.5) is 18.0 Å². The third kappa shape index (κ3) is 1.90. The number of rotatable bonds is 3. The van der Waals surface area contributed by atoms with Crippen LogP contribution in [0.5, 0.6) is 0 Å². The molecule has 0 aromatic carbocycles. The zero-order valence-corrected chi connectivity index (χ0v) is 11.2. The van der Waals surface area contributed by atoms with Gasteiger partial charge in [-0.2, -0.15) is 13.2 Å². The summed E-state index contributed by atoms with van der Waals surface area (Å²) in [6, 6.07) is -0.966. The summed E-state index contributed by atoms with van der Waals surface area (Å²) in [5.41, 5.74) is -3.05. The normalized spacial score (nSPS) is 30.6. The molecule has 1 saturated heterocycles. The van der Waals surface area contributed by atoms with Gasteiger partial charge in [0, 0.05) is 11.9 Å². The minimum atomic E-state index is -4.79. The van der Waals surface area contributed by atoms with Gasteiger partial charge in [0.2, 0.25) is 5.54 Å². The van der Waals surface area contributed by atoms with Crippen LogP contribution in [0.25, 0.3) is 0 Å². The van der Waals surface area contributed by atoms with E-state index in [2.05, 4.69) is 15.9 Å². The van der Waals surface area contributed by atoms with Crippen LogP contribution in [0.15, 0.2) is 0 Å². The van der Waals surface area contributed by atoms with Crippen molar-refractivity contribution < 1.29 is 22.8 Å². The molecule has 1 aliphatic heterocycles. The van der Waals surface area contributed by atoms with Gasteiger partial charge in [-0.05, 0) is 25.2 Å². The van der Waals surface area contributed by atoms with Crippen LogP contribution >= 0.6 is 15.9 Å². The van der Waals surface area contributed by atoms with Crippen molar-refractivity contribution in [3.05, 3.63) is 0 Å². The molecule has 1 aliphatic carbocycles. The molecule has 4 nitrogen and oxygen atoms in total. The number of nitrogens with one attached hydrogen (secondary N) is 1. The van der Waals surface area contributed by atoms with E-state index in [4.69, 9.17) is 0 Å². The van der Waals surface area contributed by atoms with Crippen LogP contribution in [-0.4, -0.2) is 40.4 Å². The number of halogens is 4. The standard InChI is InChI=1S/C10H12BrF3N2O2/c1-8(10(12,13)14)6(17)16(7(18)15-8)5-9(4-11)2-3-9/h2-5H2,1H3,(H,15,18). The molecule has 1 unspecified atom stereocenters. The molecule has 8 heteroatoms. The van der Waals surface area contributed by atoms with E-state index in [1.54, 1.807) is 5.32 Å². The highest BCUT2D eigenvalue weighted by Gasteiger charge is 2.65. The fraction of sp³-hybridized carbons (Fsp3) is 0.800. The Bertz CT molecular complexity index is 408. The molecule has 2 aliphatic rings. The van der Waals surface area contributed by atoms with Crippen molar-refractivity contribution in [1.29, 1.82) is 0 Å². The number of hydrogen-bond donors (Lipinski definition) is 1. The first-order chi connectivity index (χ1) is 8.15. The first-order valence-electron chi connectivity index (χ1n) is 5.42. The smallest absolute Gasteiger partial charge is 0.316 e. The molecular weight excluding hydrogens is 317 g/mol. The third-order valence-electron chi connectivity index (χ3n) is 3.58. The third-order valence-corrected chi connectivity index (χ3v) is 4.77. The molecule has 0 aromatic rings. The number of urea groups is 1. The van der Waals surface area contributed by atoms with Gasteiger partial charge in [-0.25, -0.2) is 4.79 Å². The van der Waals surface area contributed by atoms with E-state index in [1.807, 2.05) is 0 Å². The van der Waals surface area contributed by atoms with Crippen molar-refractivity contribution in [2.45, 2.75) is 31.5 Å². The Morgan fingerprint density at radius 1 is 1.39 bits per heavy atom. The van der Waals surface area contributed by atoms with E-state index in [0.717, 1.165) is 12.8 Å². The van der Waals surface area contributed by atoms with Crippen molar-refractivity contribution in [2.75, 3.05) is 11.9 Å². The Kier molecular flexibility index (Phi) is 2.92. The monoisotopic (exact) mass is 328 g/mol. The van der Waals surface area contributed by atoms with Gasteiger partial charge in [0.05, 0.1) is 0 Å². The van der Waals surface area contributed by atoms with Gasteiger partial charge >= 0.3 is 12.2 Å². The van der Waals surface area contributed by atoms with E-state index in [0.29, 0.717) is 17.2 Å². The highest BCUT2D eigenvalue weighted by Crippen LogP contribution is 2.48. The first kappa shape index (κ1) is 13.6. The van der Waals surface area contributed by atoms with Crippen molar-refractivity contribution in [2.24, 2.45) is 5.41 Å². The molecule has 2 rings (SSSR count). The van der Waals surface area contributed by atoms with Crippen molar-refractivity contribution in [3.63, 3.8) is 0 Å². The number of alkyl halides is 4. The summed E-state index contributed by atoms with van der Waals surface area (Å²) in [6.07, 6.45) is -3.18. The summed E-state index contributed by atoms with van der Waals surface area (Å²) in [6.45, 7) is 0.732. The fourth-order valence-corrected chi connectivity index (χ4v) is 2.62. The molecular formula is C10H12BrF3N2O2. The quantitative estimate of drug-likeness (QED) is 0.636. The molecule has 0 aromatic heterocycles. The molecule has 0 bridgehead atoms. The van der Waals surface area contributed by atoms with Crippen molar-refractivity contribution >= 4 is 27.9 Å². The Morgan fingerprint density at radius 3 is 2.28 bits per heavy atom. The summed E-state index contributed by atoms with van der Waals surface area (Å²) in [4.78, 5) is 24.0. The molecule has 102 valence electrons. The Balaban J connectivity index is 2.20.